The van der Waals surface area contributed by atoms with E-state index in [9.17, 15) is 4.79 Å². The minimum atomic E-state index is -0.522. The number of carbonyl (C=O) groups is 1. The van der Waals surface area contributed by atoms with Gasteiger partial charge in [-0.1, -0.05) is 6.07 Å². The molecule has 2 atom stereocenters. The molecule has 0 spiro atoms. The highest BCUT2D eigenvalue weighted by molar-refractivity contribution is 6.02. The summed E-state index contributed by atoms with van der Waals surface area (Å²) >= 11 is 0. The first-order valence-corrected chi connectivity index (χ1v) is 7.22. The number of fused-ring (bicyclic) bond motifs is 1. The van der Waals surface area contributed by atoms with Crippen LogP contribution in [0.1, 0.15) is 24.9 Å². The number of nitrogens with one attached hydrogen (secondary N) is 1. The molecule has 0 aliphatic carbocycles. The van der Waals surface area contributed by atoms with E-state index in [-0.39, 0.29) is 5.91 Å². The molecular weight excluding hydrogens is 252 g/mol. The molecule has 1 amide bonds. The Hall–Kier alpha value is -1.59. The van der Waals surface area contributed by atoms with Gasteiger partial charge in [0.05, 0.1) is 0 Å². The largest absolute Gasteiger partial charge is 0.367 e. The predicted molar refractivity (Wildman–Crippen MR) is 80.9 cm³/mol. The first-order chi connectivity index (χ1) is 9.56. The summed E-state index contributed by atoms with van der Waals surface area (Å²) in [6.45, 7) is 5.49. The molecular formula is C15H22N4O. The van der Waals surface area contributed by atoms with E-state index in [1.807, 2.05) is 6.07 Å². The van der Waals surface area contributed by atoms with Crippen molar-refractivity contribution in [1.82, 2.24) is 4.90 Å². The maximum absolute atomic E-state index is 11.6. The normalized spacial score (nSPS) is 27.1. The van der Waals surface area contributed by atoms with Crippen molar-refractivity contribution in [1.29, 1.82) is 0 Å². The Kier molecular flexibility index (Phi) is 3.40. The van der Waals surface area contributed by atoms with Crippen LogP contribution < -0.4 is 16.0 Å². The van der Waals surface area contributed by atoms with Gasteiger partial charge in [-0.2, -0.15) is 0 Å². The van der Waals surface area contributed by atoms with Crippen LogP contribution >= 0.6 is 0 Å². The lowest BCUT2D eigenvalue weighted by molar-refractivity contribution is -0.116. The lowest BCUT2D eigenvalue weighted by Gasteiger charge is -2.30. The number of benzene rings is 1. The van der Waals surface area contributed by atoms with Crippen molar-refractivity contribution in [2.24, 2.45) is 5.73 Å². The average Bonchev–Trinajstić information content (AvgIpc) is 2.58. The van der Waals surface area contributed by atoms with Crippen LogP contribution in [0.2, 0.25) is 0 Å². The van der Waals surface area contributed by atoms with Crippen LogP contribution in [-0.4, -0.2) is 43.5 Å². The van der Waals surface area contributed by atoms with Gasteiger partial charge < -0.3 is 20.9 Å². The first-order valence-electron chi connectivity index (χ1n) is 7.22. The first kappa shape index (κ1) is 13.4. The Bertz CT molecular complexity index is 531. The second kappa shape index (κ2) is 5.07. The summed E-state index contributed by atoms with van der Waals surface area (Å²) in [6, 6.07) is 6.06. The molecule has 1 aromatic rings. The number of hydrogen-bond donors (Lipinski definition) is 2. The summed E-state index contributed by atoms with van der Waals surface area (Å²) in [5, 5.41) is 2.86. The van der Waals surface area contributed by atoms with E-state index < -0.39 is 6.04 Å². The van der Waals surface area contributed by atoms with E-state index in [0.717, 1.165) is 37.3 Å². The second-order valence-electron chi connectivity index (χ2n) is 5.90. The summed E-state index contributed by atoms with van der Waals surface area (Å²) in [4.78, 5) is 16.4. The van der Waals surface area contributed by atoms with Crippen LogP contribution in [0.25, 0.3) is 0 Å². The summed E-state index contributed by atoms with van der Waals surface area (Å²) in [5.74, 6) is -0.110. The molecule has 0 bridgehead atoms. The molecule has 2 heterocycles. The lowest BCUT2D eigenvalue weighted by atomic mass is 10.1. The molecule has 2 unspecified atom stereocenters. The SMILES string of the molecule is CC1CN(C)CCCN1c1ccc2c(c1)NC(=O)C2N. The van der Waals surface area contributed by atoms with Crippen LogP contribution in [0.15, 0.2) is 18.2 Å². The molecule has 2 aliphatic heterocycles. The van der Waals surface area contributed by atoms with Gasteiger partial charge in [-0.05, 0) is 39.1 Å². The fourth-order valence-electron chi connectivity index (χ4n) is 3.21. The van der Waals surface area contributed by atoms with Gasteiger partial charge >= 0.3 is 0 Å². The monoisotopic (exact) mass is 274 g/mol. The molecule has 5 nitrogen and oxygen atoms in total. The van der Waals surface area contributed by atoms with E-state index in [1.54, 1.807) is 0 Å². The number of hydrogen-bond acceptors (Lipinski definition) is 4. The molecule has 0 radical (unpaired) electrons. The molecule has 108 valence electrons. The van der Waals surface area contributed by atoms with E-state index in [0.29, 0.717) is 6.04 Å². The predicted octanol–water partition coefficient (Wildman–Crippen LogP) is 1.17. The zero-order chi connectivity index (χ0) is 14.3. The number of amides is 1. The summed E-state index contributed by atoms with van der Waals surface area (Å²) in [5.41, 5.74) is 8.79. The van der Waals surface area contributed by atoms with Crippen molar-refractivity contribution < 1.29 is 4.79 Å². The Labute approximate surface area is 119 Å². The van der Waals surface area contributed by atoms with E-state index >= 15 is 0 Å². The quantitative estimate of drug-likeness (QED) is 0.807. The van der Waals surface area contributed by atoms with Crippen molar-refractivity contribution >= 4 is 17.3 Å². The lowest BCUT2D eigenvalue weighted by Crippen LogP contribution is -2.37. The number of rotatable bonds is 1. The molecule has 3 rings (SSSR count). The summed E-state index contributed by atoms with van der Waals surface area (Å²) in [6.07, 6.45) is 1.16. The van der Waals surface area contributed by atoms with Gasteiger partial charge in [0, 0.05) is 36.1 Å². The second-order valence-corrected chi connectivity index (χ2v) is 5.90. The number of likely N-dealkylation sites (N-methyl/N-ethyl adjacent to an activating group) is 1. The molecule has 1 fully saturated rings. The van der Waals surface area contributed by atoms with Crippen LogP contribution in [0.4, 0.5) is 11.4 Å². The van der Waals surface area contributed by atoms with E-state index in [1.165, 1.54) is 5.69 Å². The van der Waals surface area contributed by atoms with Gasteiger partial charge in [0.25, 0.3) is 0 Å². The molecule has 20 heavy (non-hydrogen) atoms. The molecule has 0 aromatic heterocycles. The zero-order valence-electron chi connectivity index (χ0n) is 12.1. The van der Waals surface area contributed by atoms with Crippen LogP contribution in [0, 0.1) is 0 Å². The summed E-state index contributed by atoms with van der Waals surface area (Å²) < 4.78 is 0. The molecule has 3 N–H and O–H groups in total. The third kappa shape index (κ3) is 2.27. The van der Waals surface area contributed by atoms with E-state index in [4.69, 9.17) is 5.73 Å². The fourth-order valence-corrected chi connectivity index (χ4v) is 3.21. The van der Waals surface area contributed by atoms with Crippen molar-refractivity contribution in [2.75, 3.05) is 36.9 Å². The molecule has 1 saturated heterocycles. The van der Waals surface area contributed by atoms with Crippen molar-refractivity contribution in [3.05, 3.63) is 23.8 Å². The minimum absolute atomic E-state index is 0.110. The van der Waals surface area contributed by atoms with Gasteiger partial charge in [0.15, 0.2) is 0 Å². The Morgan fingerprint density at radius 3 is 2.95 bits per heavy atom. The number of nitrogens with zero attached hydrogens (tertiary/aromatic N) is 2. The van der Waals surface area contributed by atoms with Gasteiger partial charge in [-0.25, -0.2) is 0 Å². The van der Waals surface area contributed by atoms with Crippen LogP contribution in [0.5, 0.6) is 0 Å². The maximum atomic E-state index is 11.6. The highest BCUT2D eigenvalue weighted by atomic mass is 16.2. The molecule has 0 saturated carbocycles. The highest BCUT2D eigenvalue weighted by Gasteiger charge is 2.28. The standard InChI is InChI=1S/C15H22N4O/c1-10-9-18(2)6-3-7-19(10)11-4-5-12-13(8-11)17-15(20)14(12)16/h4-5,8,10,14H,3,6-7,9,16H2,1-2H3,(H,17,20). The maximum Gasteiger partial charge on any atom is 0.245 e. The zero-order valence-corrected chi connectivity index (χ0v) is 12.1. The fraction of sp³-hybridized carbons (Fsp3) is 0.533. The van der Waals surface area contributed by atoms with Crippen molar-refractivity contribution in [3.8, 4) is 0 Å². The Morgan fingerprint density at radius 1 is 1.35 bits per heavy atom. The van der Waals surface area contributed by atoms with Crippen molar-refractivity contribution in [2.45, 2.75) is 25.4 Å². The average molecular weight is 274 g/mol. The third-order valence-electron chi connectivity index (χ3n) is 4.29. The van der Waals surface area contributed by atoms with Crippen LogP contribution in [-0.2, 0) is 4.79 Å². The third-order valence-corrected chi connectivity index (χ3v) is 4.29. The number of anilines is 2. The van der Waals surface area contributed by atoms with Gasteiger partial charge in [0.1, 0.15) is 6.04 Å². The van der Waals surface area contributed by atoms with Gasteiger partial charge in [-0.15, -0.1) is 0 Å². The molecule has 1 aromatic carbocycles. The number of carbonyl (C=O) groups excluding carboxylic acids is 1. The van der Waals surface area contributed by atoms with Crippen LogP contribution in [0.3, 0.4) is 0 Å². The van der Waals surface area contributed by atoms with E-state index in [2.05, 4.69) is 41.2 Å². The Morgan fingerprint density at radius 2 is 2.15 bits per heavy atom. The highest BCUT2D eigenvalue weighted by Crippen LogP contribution is 2.33. The summed E-state index contributed by atoms with van der Waals surface area (Å²) in [7, 11) is 2.17. The van der Waals surface area contributed by atoms with Gasteiger partial charge in [-0.3, -0.25) is 4.79 Å². The number of nitrogens with two attached hydrogens (primary N) is 1. The smallest absolute Gasteiger partial charge is 0.245 e. The minimum Gasteiger partial charge on any atom is -0.367 e. The van der Waals surface area contributed by atoms with Gasteiger partial charge in [0.2, 0.25) is 5.91 Å². The Balaban J connectivity index is 1.88. The molecule has 2 aliphatic rings. The van der Waals surface area contributed by atoms with Crippen molar-refractivity contribution in [3.63, 3.8) is 0 Å². The topological polar surface area (TPSA) is 61.6 Å². The molecule has 5 heteroatoms.